The molecule has 0 spiro atoms. The molecule has 0 aliphatic rings. The molecule has 0 radical (unpaired) electrons. The molecule has 1 amide bonds. The average Bonchev–Trinajstić information content (AvgIpc) is 2.85. The maximum Gasteiger partial charge on any atom is 0.304 e. The van der Waals surface area contributed by atoms with Gasteiger partial charge in [0.05, 0.1) is 13.0 Å². The molecule has 0 unspecified atom stereocenters. The van der Waals surface area contributed by atoms with Crippen LogP contribution in [0.5, 0.6) is 0 Å². The highest BCUT2D eigenvalue weighted by atomic mass is 32.1. The van der Waals surface area contributed by atoms with E-state index in [0.717, 1.165) is 19.4 Å². The number of carbonyl (C=O) groups excluding carboxylic acids is 1. The van der Waals surface area contributed by atoms with E-state index in [1.165, 1.54) is 11.3 Å². The minimum Gasteiger partial charge on any atom is -0.481 e. The SMILES string of the molecule is CCCCN(CCC(=O)O)CC(=O)Nc1nccs1. The van der Waals surface area contributed by atoms with Crippen LogP contribution in [-0.4, -0.2) is 46.5 Å². The van der Waals surface area contributed by atoms with E-state index in [-0.39, 0.29) is 18.9 Å². The molecule has 0 bridgehead atoms. The van der Waals surface area contributed by atoms with E-state index in [9.17, 15) is 9.59 Å². The molecule has 7 heteroatoms. The Morgan fingerprint density at radius 3 is 2.84 bits per heavy atom. The van der Waals surface area contributed by atoms with Crippen molar-refractivity contribution in [2.24, 2.45) is 0 Å². The Kier molecular flexibility index (Phi) is 7.06. The van der Waals surface area contributed by atoms with Crippen LogP contribution in [-0.2, 0) is 9.59 Å². The number of nitrogens with one attached hydrogen (secondary N) is 1. The topological polar surface area (TPSA) is 82.5 Å². The molecule has 1 aromatic heterocycles. The number of aliphatic carboxylic acids is 1. The molecule has 0 aliphatic carbocycles. The van der Waals surface area contributed by atoms with E-state index in [4.69, 9.17) is 5.11 Å². The van der Waals surface area contributed by atoms with Crippen molar-refractivity contribution >= 4 is 28.3 Å². The monoisotopic (exact) mass is 285 g/mol. The van der Waals surface area contributed by atoms with Crippen molar-refractivity contribution in [2.45, 2.75) is 26.2 Å². The van der Waals surface area contributed by atoms with Crippen LogP contribution in [0.4, 0.5) is 5.13 Å². The zero-order chi connectivity index (χ0) is 14.1. The maximum absolute atomic E-state index is 11.8. The smallest absolute Gasteiger partial charge is 0.304 e. The number of carboxylic acids is 1. The molecule has 0 saturated carbocycles. The summed E-state index contributed by atoms with van der Waals surface area (Å²) >= 11 is 1.36. The fourth-order valence-corrected chi connectivity index (χ4v) is 2.10. The minimum absolute atomic E-state index is 0.0498. The van der Waals surface area contributed by atoms with Gasteiger partial charge in [0.15, 0.2) is 5.13 Å². The zero-order valence-corrected chi connectivity index (χ0v) is 11.8. The number of anilines is 1. The summed E-state index contributed by atoms with van der Waals surface area (Å²) in [6.45, 7) is 3.38. The number of hydrogen-bond acceptors (Lipinski definition) is 5. The van der Waals surface area contributed by atoms with Gasteiger partial charge in [0.25, 0.3) is 0 Å². The van der Waals surface area contributed by atoms with Gasteiger partial charge in [-0.15, -0.1) is 11.3 Å². The Labute approximate surface area is 116 Å². The largest absolute Gasteiger partial charge is 0.481 e. The first-order valence-electron chi connectivity index (χ1n) is 6.25. The molecule has 0 fully saturated rings. The van der Waals surface area contributed by atoms with Crippen molar-refractivity contribution in [3.8, 4) is 0 Å². The number of carbonyl (C=O) groups is 2. The summed E-state index contributed by atoms with van der Waals surface area (Å²) in [4.78, 5) is 28.2. The van der Waals surface area contributed by atoms with E-state index in [2.05, 4.69) is 17.2 Å². The fourth-order valence-electron chi connectivity index (χ4n) is 1.55. The van der Waals surface area contributed by atoms with Crippen LogP contribution in [0, 0.1) is 0 Å². The van der Waals surface area contributed by atoms with Gasteiger partial charge < -0.3 is 10.4 Å². The van der Waals surface area contributed by atoms with E-state index < -0.39 is 5.97 Å². The van der Waals surface area contributed by atoms with E-state index >= 15 is 0 Å². The Morgan fingerprint density at radius 2 is 2.26 bits per heavy atom. The standard InChI is InChI=1S/C12H19N3O3S/c1-2-3-6-15(7-4-11(17)18)9-10(16)14-12-13-5-8-19-12/h5,8H,2-4,6-7,9H2,1H3,(H,17,18)(H,13,14,16). The van der Waals surface area contributed by atoms with Crippen LogP contribution < -0.4 is 5.32 Å². The Balaban J connectivity index is 2.40. The van der Waals surface area contributed by atoms with Crippen LogP contribution in [0.1, 0.15) is 26.2 Å². The van der Waals surface area contributed by atoms with Crippen molar-refractivity contribution in [1.82, 2.24) is 9.88 Å². The van der Waals surface area contributed by atoms with Crippen molar-refractivity contribution in [2.75, 3.05) is 25.0 Å². The maximum atomic E-state index is 11.8. The van der Waals surface area contributed by atoms with Crippen LogP contribution in [0.25, 0.3) is 0 Å². The lowest BCUT2D eigenvalue weighted by atomic mass is 10.3. The first-order chi connectivity index (χ1) is 9.11. The molecule has 19 heavy (non-hydrogen) atoms. The molecule has 0 aromatic carbocycles. The zero-order valence-electron chi connectivity index (χ0n) is 11.0. The number of aromatic nitrogens is 1. The van der Waals surface area contributed by atoms with Gasteiger partial charge in [-0.3, -0.25) is 14.5 Å². The van der Waals surface area contributed by atoms with Gasteiger partial charge in [0.2, 0.25) is 5.91 Å². The average molecular weight is 285 g/mol. The number of thiazole rings is 1. The third-order valence-electron chi connectivity index (χ3n) is 2.52. The quantitative estimate of drug-likeness (QED) is 0.721. The Hall–Kier alpha value is -1.47. The molecule has 106 valence electrons. The van der Waals surface area contributed by atoms with Crippen molar-refractivity contribution in [3.05, 3.63) is 11.6 Å². The van der Waals surface area contributed by atoms with Crippen molar-refractivity contribution in [1.29, 1.82) is 0 Å². The van der Waals surface area contributed by atoms with Gasteiger partial charge in [0.1, 0.15) is 0 Å². The summed E-state index contributed by atoms with van der Waals surface area (Å²) in [5.74, 6) is -1.00. The normalized spacial score (nSPS) is 10.6. The number of hydrogen-bond donors (Lipinski definition) is 2. The van der Waals surface area contributed by atoms with Gasteiger partial charge in [0, 0.05) is 18.1 Å². The highest BCUT2D eigenvalue weighted by Gasteiger charge is 2.12. The second-order valence-corrected chi connectivity index (χ2v) is 5.05. The van der Waals surface area contributed by atoms with Crippen molar-refractivity contribution < 1.29 is 14.7 Å². The molecule has 1 heterocycles. The lowest BCUT2D eigenvalue weighted by molar-refractivity contribution is -0.137. The number of nitrogens with zero attached hydrogens (tertiary/aromatic N) is 2. The van der Waals surface area contributed by atoms with Gasteiger partial charge >= 0.3 is 5.97 Å². The summed E-state index contributed by atoms with van der Waals surface area (Å²) in [5, 5.41) is 13.7. The first-order valence-corrected chi connectivity index (χ1v) is 7.13. The summed E-state index contributed by atoms with van der Waals surface area (Å²) in [6, 6.07) is 0. The minimum atomic E-state index is -0.846. The van der Waals surface area contributed by atoms with Gasteiger partial charge in [-0.25, -0.2) is 4.98 Å². The van der Waals surface area contributed by atoms with Gasteiger partial charge in [-0.1, -0.05) is 13.3 Å². The summed E-state index contributed by atoms with van der Waals surface area (Å²) in [5.41, 5.74) is 0. The fraction of sp³-hybridized carbons (Fsp3) is 0.583. The predicted octanol–water partition coefficient (Wildman–Crippen LogP) is 1.66. The second kappa shape index (κ2) is 8.60. The van der Waals surface area contributed by atoms with Gasteiger partial charge in [-0.2, -0.15) is 0 Å². The predicted molar refractivity (Wildman–Crippen MR) is 74.3 cm³/mol. The van der Waals surface area contributed by atoms with Crippen molar-refractivity contribution in [3.63, 3.8) is 0 Å². The number of unbranched alkanes of at least 4 members (excludes halogenated alkanes) is 1. The Morgan fingerprint density at radius 1 is 1.47 bits per heavy atom. The summed E-state index contributed by atoms with van der Waals surface area (Å²) < 4.78 is 0. The highest BCUT2D eigenvalue weighted by molar-refractivity contribution is 7.13. The van der Waals surface area contributed by atoms with E-state index in [0.29, 0.717) is 11.7 Å². The third kappa shape index (κ3) is 6.88. The number of rotatable bonds is 9. The van der Waals surface area contributed by atoms with Crippen LogP contribution >= 0.6 is 11.3 Å². The molecule has 0 saturated heterocycles. The molecular formula is C12H19N3O3S. The van der Waals surface area contributed by atoms with Crippen LogP contribution in [0.2, 0.25) is 0 Å². The lowest BCUT2D eigenvalue weighted by Gasteiger charge is -2.20. The molecule has 1 rings (SSSR count). The lowest BCUT2D eigenvalue weighted by Crippen LogP contribution is -2.35. The van der Waals surface area contributed by atoms with Gasteiger partial charge in [-0.05, 0) is 13.0 Å². The van der Waals surface area contributed by atoms with Crippen LogP contribution in [0.15, 0.2) is 11.6 Å². The molecule has 1 aromatic rings. The second-order valence-electron chi connectivity index (χ2n) is 4.16. The number of amides is 1. The molecule has 0 atom stereocenters. The molecule has 6 nitrogen and oxygen atoms in total. The molecule has 0 aliphatic heterocycles. The first kappa shape index (κ1) is 15.6. The van der Waals surface area contributed by atoms with E-state index in [1.807, 2.05) is 4.90 Å². The highest BCUT2D eigenvalue weighted by Crippen LogP contribution is 2.10. The molecular weight excluding hydrogens is 266 g/mol. The third-order valence-corrected chi connectivity index (χ3v) is 3.20. The Bertz CT molecular complexity index is 395. The summed E-state index contributed by atoms with van der Waals surface area (Å²) in [7, 11) is 0. The summed E-state index contributed by atoms with van der Waals surface area (Å²) in [6.07, 6.45) is 3.63. The number of carboxylic acid groups (broad SMARTS) is 1. The molecule has 2 N–H and O–H groups in total. The van der Waals surface area contributed by atoms with Crippen LogP contribution in [0.3, 0.4) is 0 Å². The van der Waals surface area contributed by atoms with E-state index in [1.54, 1.807) is 11.6 Å².